The summed E-state index contributed by atoms with van der Waals surface area (Å²) in [6.07, 6.45) is 3.83. The van der Waals surface area contributed by atoms with Crippen LogP contribution in [0.5, 0.6) is 0 Å². The van der Waals surface area contributed by atoms with E-state index in [1.54, 1.807) is 6.20 Å². The molecule has 58 valence electrons. The minimum absolute atomic E-state index is 0.931. The Morgan fingerprint density at radius 1 is 1.40 bits per heavy atom. The molecule has 0 atom stereocenters. The summed E-state index contributed by atoms with van der Waals surface area (Å²) < 4.78 is 4.73. The second-order valence-corrected chi connectivity index (χ2v) is 2.04. The first kappa shape index (κ1) is 9.21. The van der Waals surface area contributed by atoms with Gasteiger partial charge in [0.25, 0.3) is 0 Å². The quantitative estimate of drug-likeness (QED) is 0.601. The van der Waals surface area contributed by atoms with Crippen LogP contribution >= 0.6 is 0 Å². The van der Waals surface area contributed by atoms with E-state index in [4.69, 9.17) is 4.52 Å². The SMILES string of the molecule is CCC.CCc1ccno1. The molecule has 1 rings (SSSR count). The maximum Gasteiger partial charge on any atom is 0.136 e. The third-order valence-electron chi connectivity index (χ3n) is 0.840. The van der Waals surface area contributed by atoms with Crippen molar-refractivity contribution in [1.29, 1.82) is 0 Å². The molecule has 0 N–H and O–H groups in total. The largest absolute Gasteiger partial charge is 0.361 e. The summed E-state index contributed by atoms with van der Waals surface area (Å²) >= 11 is 0. The molecule has 0 aliphatic heterocycles. The van der Waals surface area contributed by atoms with E-state index in [-0.39, 0.29) is 0 Å². The van der Waals surface area contributed by atoms with Crippen LogP contribution in [0.2, 0.25) is 0 Å². The van der Waals surface area contributed by atoms with Gasteiger partial charge in [-0.15, -0.1) is 0 Å². The average molecular weight is 141 g/mol. The zero-order valence-corrected chi connectivity index (χ0v) is 6.92. The van der Waals surface area contributed by atoms with E-state index in [9.17, 15) is 0 Å². The van der Waals surface area contributed by atoms with Gasteiger partial charge in [-0.2, -0.15) is 0 Å². The first-order chi connectivity index (χ1) is 4.85. The Morgan fingerprint density at radius 3 is 2.20 bits per heavy atom. The molecule has 2 heteroatoms. The van der Waals surface area contributed by atoms with Crippen molar-refractivity contribution >= 4 is 0 Å². The molecule has 0 unspecified atom stereocenters. The van der Waals surface area contributed by atoms with Gasteiger partial charge < -0.3 is 4.52 Å². The summed E-state index contributed by atoms with van der Waals surface area (Å²) in [5.74, 6) is 0.944. The lowest BCUT2D eigenvalue weighted by atomic mass is 10.4. The van der Waals surface area contributed by atoms with E-state index in [1.807, 2.05) is 13.0 Å². The van der Waals surface area contributed by atoms with Gasteiger partial charge in [0.1, 0.15) is 5.76 Å². The first-order valence-electron chi connectivity index (χ1n) is 3.74. The number of nitrogens with zero attached hydrogens (tertiary/aromatic N) is 1. The van der Waals surface area contributed by atoms with Crippen LogP contribution in [-0.2, 0) is 6.42 Å². The Kier molecular flexibility index (Phi) is 5.83. The van der Waals surface area contributed by atoms with E-state index in [0.717, 1.165) is 12.2 Å². The number of hydrogen-bond acceptors (Lipinski definition) is 2. The lowest BCUT2D eigenvalue weighted by Crippen LogP contribution is -1.67. The van der Waals surface area contributed by atoms with Crippen molar-refractivity contribution in [3.8, 4) is 0 Å². The van der Waals surface area contributed by atoms with Crippen molar-refractivity contribution in [1.82, 2.24) is 5.16 Å². The van der Waals surface area contributed by atoms with Crippen molar-refractivity contribution < 1.29 is 4.52 Å². The molecule has 0 aliphatic carbocycles. The second-order valence-electron chi connectivity index (χ2n) is 2.04. The molecule has 10 heavy (non-hydrogen) atoms. The average Bonchev–Trinajstić information content (AvgIpc) is 2.39. The lowest BCUT2D eigenvalue weighted by molar-refractivity contribution is 0.387. The van der Waals surface area contributed by atoms with Gasteiger partial charge >= 0.3 is 0 Å². The third kappa shape index (κ3) is 4.13. The predicted molar refractivity (Wildman–Crippen MR) is 41.8 cm³/mol. The summed E-state index contributed by atoms with van der Waals surface area (Å²) in [5, 5.41) is 3.52. The first-order valence-corrected chi connectivity index (χ1v) is 3.74. The van der Waals surface area contributed by atoms with Crippen LogP contribution < -0.4 is 0 Å². The third-order valence-corrected chi connectivity index (χ3v) is 0.840. The van der Waals surface area contributed by atoms with E-state index < -0.39 is 0 Å². The Labute approximate surface area is 62.2 Å². The fourth-order valence-electron chi connectivity index (χ4n) is 0.425. The van der Waals surface area contributed by atoms with Gasteiger partial charge in [0, 0.05) is 12.5 Å². The summed E-state index contributed by atoms with van der Waals surface area (Å²) in [7, 11) is 0. The smallest absolute Gasteiger partial charge is 0.136 e. The van der Waals surface area contributed by atoms with Gasteiger partial charge in [-0.1, -0.05) is 32.3 Å². The van der Waals surface area contributed by atoms with Gasteiger partial charge in [-0.05, 0) is 0 Å². The van der Waals surface area contributed by atoms with Crippen LogP contribution in [0.25, 0.3) is 0 Å². The van der Waals surface area contributed by atoms with E-state index in [2.05, 4.69) is 19.0 Å². The summed E-state index contributed by atoms with van der Waals surface area (Å²) in [6.45, 7) is 6.28. The van der Waals surface area contributed by atoms with Crippen LogP contribution in [-0.4, -0.2) is 5.16 Å². The highest BCUT2D eigenvalue weighted by Gasteiger charge is 1.86. The van der Waals surface area contributed by atoms with Crippen LogP contribution in [0.15, 0.2) is 16.8 Å². The molecule has 0 aromatic carbocycles. The molecule has 0 saturated carbocycles. The van der Waals surface area contributed by atoms with Gasteiger partial charge in [0.2, 0.25) is 0 Å². The number of aryl methyl sites for hydroxylation is 1. The van der Waals surface area contributed by atoms with Crippen molar-refractivity contribution in [2.75, 3.05) is 0 Å². The van der Waals surface area contributed by atoms with Crippen LogP contribution in [0.4, 0.5) is 0 Å². The van der Waals surface area contributed by atoms with Gasteiger partial charge in [0.05, 0.1) is 6.20 Å². The van der Waals surface area contributed by atoms with Crippen LogP contribution in [0.3, 0.4) is 0 Å². The fraction of sp³-hybridized carbons (Fsp3) is 0.625. The minimum atomic E-state index is 0.931. The van der Waals surface area contributed by atoms with Crippen molar-refractivity contribution in [2.24, 2.45) is 0 Å². The van der Waals surface area contributed by atoms with E-state index in [1.165, 1.54) is 6.42 Å². The highest BCUT2D eigenvalue weighted by Crippen LogP contribution is 1.94. The topological polar surface area (TPSA) is 26.0 Å². The van der Waals surface area contributed by atoms with Crippen LogP contribution in [0.1, 0.15) is 33.0 Å². The number of hydrogen-bond donors (Lipinski definition) is 0. The van der Waals surface area contributed by atoms with Gasteiger partial charge in [-0.25, -0.2) is 0 Å². The number of aromatic nitrogens is 1. The highest BCUT2D eigenvalue weighted by atomic mass is 16.5. The maximum atomic E-state index is 4.73. The Bertz CT molecular complexity index is 135. The fourth-order valence-corrected chi connectivity index (χ4v) is 0.425. The molecule has 0 spiro atoms. The number of rotatable bonds is 1. The molecule has 0 saturated heterocycles. The van der Waals surface area contributed by atoms with Gasteiger partial charge in [0.15, 0.2) is 0 Å². The Balaban J connectivity index is 0.000000236. The molecule has 0 fully saturated rings. The molecule has 0 radical (unpaired) electrons. The second kappa shape index (κ2) is 6.33. The highest BCUT2D eigenvalue weighted by molar-refractivity contribution is 4.90. The standard InChI is InChI=1S/C5H7NO.C3H8/c1-2-5-3-4-6-7-5;1-3-2/h3-4H,2H2,1H3;3H2,1-2H3. The Hall–Kier alpha value is -0.790. The predicted octanol–water partition coefficient (Wildman–Crippen LogP) is 2.65. The monoisotopic (exact) mass is 141 g/mol. The maximum absolute atomic E-state index is 4.73. The molecular weight excluding hydrogens is 126 g/mol. The molecule has 0 amide bonds. The lowest BCUT2D eigenvalue weighted by Gasteiger charge is -1.76. The van der Waals surface area contributed by atoms with Crippen molar-refractivity contribution in [3.05, 3.63) is 18.0 Å². The van der Waals surface area contributed by atoms with Crippen molar-refractivity contribution in [2.45, 2.75) is 33.6 Å². The molecule has 1 aromatic heterocycles. The summed E-state index contributed by atoms with van der Waals surface area (Å²) in [5.41, 5.74) is 0. The van der Waals surface area contributed by atoms with Crippen LogP contribution in [0, 0.1) is 0 Å². The molecular formula is C8H15NO. The molecule has 1 aromatic rings. The zero-order valence-electron chi connectivity index (χ0n) is 6.92. The molecule has 0 aliphatic rings. The molecule has 2 nitrogen and oxygen atoms in total. The zero-order chi connectivity index (χ0) is 7.82. The van der Waals surface area contributed by atoms with E-state index >= 15 is 0 Å². The molecule has 0 bridgehead atoms. The molecule has 1 heterocycles. The Morgan fingerprint density at radius 2 is 2.00 bits per heavy atom. The van der Waals surface area contributed by atoms with E-state index in [0.29, 0.717) is 0 Å². The van der Waals surface area contributed by atoms with Gasteiger partial charge in [-0.3, -0.25) is 0 Å². The minimum Gasteiger partial charge on any atom is -0.361 e. The normalized spacial score (nSPS) is 8.30. The summed E-state index contributed by atoms with van der Waals surface area (Å²) in [4.78, 5) is 0. The van der Waals surface area contributed by atoms with Crippen molar-refractivity contribution in [3.63, 3.8) is 0 Å². The summed E-state index contributed by atoms with van der Waals surface area (Å²) in [6, 6.07) is 1.86.